The third-order valence-electron chi connectivity index (χ3n) is 3.92. The Hall–Kier alpha value is -2.88. The van der Waals surface area contributed by atoms with Crippen molar-refractivity contribution in [2.75, 3.05) is 7.11 Å². The molecule has 0 saturated heterocycles. The Morgan fingerprint density at radius 1 is 1.19 bits per heavy atom. The van der Waals surface area contributed by atoms with Gasteiger partial charge in [0.2, 0.25) is 0 Å². The number of esters is 1. The van der Waals surface area contributed by atoms with Crippen molar-refractivity contribution in [1.29, 1.82) is 0 Å². The van der Waals surface area contributed by atoms with Gasteiger partial charge in [0.05, 0.1) is 12.7 Å². The van der Waals surface area contributed by atoms with Gasteiger partial charge < -0.3 is 4.74 Å². The number of ether oxygens (including phenoxy) is 1. The SMILES string of the molecule is COC(=O)c1cc2c3nn(C)nc3n(-c3ccc(C(F)(F)F)cc3)c2s1. The molecule has 0 amide bonds. The van der Waals surface area contributed by atoms with Crippen molar-refractivity contribution in [2.24, 2.45) is 7.05 Å². The average Bonchev–Trinajstić information content (AvgIpc) is 3.23. The first-order valence-electron chi connectivity index (χ1n) is 7.41. The summed E-state index contributed by atoms with van der Waals surface area (Å²) in [5, 5.41) is 9.30. The van der Waals surface area contributed by atoms with Gasteiger partial charge in [0, 0.05) is 18.1 Å². The number of carbonyl (C=O) groups is 1. The smallest absolute Gasteiger partial charge is 0.416 e. The minimum absolute atomic E-state index is 0.380. The first kappa shape index (κ1) is 16.6. The summed E-state index contributed by atoms with van der Waals surface area (Å²) < 4.78 is 44.9. The molecule has 0 aliphatic carbocycles. The van der Waals surface area contributed by atoms with E-state index < -0.39 is 17.7 Å². The van der Waals surface area contributed by atoms with Gasteiger partial charge >= 0.3 is 12.1 Å². The molecule has 0 atom stereocenters. The molecule has 0 fully saturated rings. The van der Waals surface area contributed by atoms with E-state index in [-0.39, 0.29) is 0 Å². The van der Waals surface area contributed by atoms with Gasteiger partial charge in [-0.1, -0.05) is 0 Å². The van der Waals surface area contributed by atoms with Crippen LogP contribution in [-0.4, -0.2) is 32.6 Å². The van der Waals surface area contributed by atoms with Crippen LogP contribution in [0.25, 0.3) is 27.1 Å². The minimum Gasteiger partial charge on any atom is -0.465 e. The molecule has 3 aromatic heterocycles. The Morgan fingerprint density at radius 2 is 1.88 bits per heavy atom. The first-order valence-corrected chi connectivity index (χ1v) is 8.22. The number of hydrogen-bond acceptors (Lipinski definition) is 5. The van der Waals surface area contributed by atoms with Gasteiger partial charge in [-0.15, -0.1) is 16.4 Å². The molecule has 0 aliphatic rings. The molecule has 0 unspecified atom stereocenters. The zero-order chi connectivity index (χ0) is 18.6. The summed E-state index contributed by atoms with van der Waals surface area (Å²) in [6.45, 7) is 0. The highest BCUT2D eigenvalue weighted by Crippen LogP contribution is 2.37. The van der Waals surface area contributed by atoms with Crippen molar-refractivity contribution < 1.29 is 22.7 Å². The Morgan fingerprint density at radius 3 is 2.50 bits per heavy atom. The van der Waals surface area contributed by atoms with E-state index in [0.717, 1.165) is 12.1 Å². The number of aromatic nitrogens is 4. The van der Waals surface area contributed by atoms with Crippen LogP contribution < -0.4 is 0 Å². The highest BCUT2D eigenvalue weighted by molar-refractivity contribution is 7.20. The van der Waals surface area contributed by atoms with Crippen molar-refractivity contribution in [3.63, 3.8) is 0 Å². The van der Waals surface area contributed by atoms with Crippen molar-refractivity contribution in [3.8, 4) is 5.69 Å². The zero-order valence-corrected chi connectivity index (χ0v) is 14.4. The third kappa shape index (κ3) is 2.45. The maximum atomic E-state index is 12.8. The fourth-order valence-corrected chi connectivity index (χ4v) is 3.88. The molecule has 4 rings (SSSR count). The number of methoxy groups -OCH3 is 1. The van der Waals surface area contributed by atoms with Gasteiger partial charge in [0.25, 0.3) is 0 Å². The molecule has 0 radical (unpaired) electrons. The molecule has 0 saturated carbocycles. The van der Waals surface area contributed by atoms with E-state index in [9.17, 15) is 18.0 Å². The second-order valence-corrected chi connectivity index (χ2v) is 6.59. The monoisotopic (exact) mass is 380 g/mol. The maximum absolute atomic E-state index is 12.8. The summed E-state index contributed by atoms with van der Waals surface area (Å²) in [5.74, 6) is -0.484. The quantitative estimate of drug-likeness (QED) is 0.497. The number of alkyl halides is 3. The highest BCUT2D eigenvalue weighted by atomic mass is 32.1. The van der Waals surface area contributed by atoms with Crippen LogP contribution in [0.4, 0.5) is 13.2 Å². The van der Waals surface area contributed by atoms with Crippen LogP contribution in [0.3, 0.4) is 0 Å². The Bertz CT molecular complexity index is 1140. The number of halogens is 3. The second kappa shape index (κ2) is 5.56. The van der Waals surface area contributed by atoms with E-state index >= 15 is 0 Å². The fourth-order valence-electron chi connectivity index (χ4n) is 2.77. The van der Waals surface area contributed by atoms with E-state index in [1.165, 1.54) is 35.4 Å². The van der Waals surface area contributed by atoms with Crippen LogP contribution >= 0.6 is 11.3 Å². The number of rotatable bonds is 2. The predicted molar refractivity (Wildman–Crippen MR) is 89.6 cm³/mol. The summed E-state index contributed by atoms with van der Waals surface area (Å²) >= 11 is 1.17. The molecule has 0 N–H and O–H groups in total. The van der Waals surface area contributed by atoms with Gasteiger partial charge in [-0.2, -0.15) is 23.1 Å². The molecule has 0 spiro atoms. The molecule has 0 aliphatic heterocycles. The van der Waals surface area contributed by atoms with Crippen LogP contribution in [0, 0.1) is 0 Å². The topological polar surface area (TPSA) is 61.9 Å². The lowest BCUT2D eigenvalue weighted by atomic mass is 10.2. The molecule has 134 valence electrons. The Labute approximate surface area is 148 Å². The predicted octanol–water partition coefficient (Wildman–Crippen LogP) is 3.78. The number of carbonyl (C=O) groups excluding carboxylic acids is 1. The zero-order valence-electron chi connectivity index (χ0n) is 13.5. The molecular formula is C16H11F3N4O2S. The number of aryl methyl sites for hydroxylation is 1. The molecule has 4 aromatic rings. The van der Waals surface area contributed by atoms with E-state index in [1.54, 1.807) is 17.7 Å². The molecule has 3 heterocycles. The summed E-state index contributed by atoms with van der Waals surface area (Å²) in [6, 6.07) is 6.42. The third-order valence-corrected chi connectivity index (χ3v) is 5.02. The van der Waals surface area contributed by atoms with Gasteiger partial charge in [-0.05, 0) is 30.3 Å². The summed E-state index contributed by atoms with van der Waals surface area (Å²) in [6.07, 6.45) is -4.41. The molecule has 6 nitrogen and oxygen atoms in total. The molecule has 26 heavy (non-hydrogen) atoms. The van der Waals surface area contributed by atoms with Gasteiger partial charge in [0.15, 0.2) is 5.65 Å². The number of thiophene rings is 1. The number of fused-ring (bicyclic) bond motifs is 3. The van der Waals surface area contributed by atoms with Crippen molar-refractivity contribution in [1.82, 2.24) is 19.6 Å². The average molecular weight is 380 g/mol. The maximum Gasteiger partial charge on any atom is 0.416 e. The van der Waals surface area contributed by atoms with Gasteiger partial charge in [0.1, 0.15) is 15.2 Å². The van der Waals surface area contributed by atoms with Crippen LogP contribution in [-0.2, 0) is 18.0 Å². The number of hydrogen-bond donors (Lipinski definition) is 0. The molecular weight excluding hydrogens is 369 g/mol. The Kier molecular flexibility index (Phi) is 3.55. The number of benzene rings is 1. The Balaban J connectivity index is 1.97. The van der Waals surface area contributed by atoms with Crippen molar-refractivity contribution in [3.05, 3.63) is 40.8 Å². The second-order valence-electron chi connectivity index (χ2n) is 5.56. The largest absolute Gasteiger partial charge is 0.465 e. The number of nitrogens with zero attached hydrogens (tertiary/aromatic N) is 4. The van der Waals surface area contributed by atoms with Crippen LogP contribution in [0.1, 0.15) is 15.2 Å². The van der Waals surface area contributed by atoms with Gasteiger partial charge in [-0.3, -0.25) is 4.57 Å². The summed E-state index contributed by atoms with van der Waals surface area (Å²) in [5.41, 5.74) is 0.831. The van der Waals surface area contributed by atoms with Crippen LogP contribution in [0.2, 0.25) is 0 Å². The summed E-state index contributed by atoms with van der Waals surface area (Å²) in [7, 11) is 2.94. The fraction of sp³-hybridized carbons (Fsp3) is 0.188. The minimum atomic E-state index is -4.41. The highest BCUT2D eigenvalue weighted by Gasteiger charge is 2.30. The standard InChI is InChI=1S/C16H11F3N4O2S/c1-22-20-12-10-7-11(15(24)25-2)26-14(10)23(13(12)21-22)9-5-3-8(4-6-9)16(17,18)19/h3-7H,1-2H3. The lowest BCUT2D eigenvalue weighted by molar-refractivity contribution is -0.137. The van der Waals surface area contributed by atoms with E-state index in [2.05, 4.69) is 10.2 Å². The van der Waals surface area contributed by atoms with E-state index in [0.29, 0.717) is 31.9 Å². The molecule has 0 bridgehead atoms. The summed E-state index contributed by atoms with van der Waals surface area (Å²) in [4.78, 5) is 14.3. The molecule has 10 heteroatoms. The van der Waals surface area contributed by atoms with E-state index in [1.807, 2.05) is 0 Å². The van der Waals surface area contributed by atoms with Crippen molar-refractivity contribution in [2.45, 2.75) is 6.18 Å². The molecule has 1 aromatic carbocycles. The lowest BCUT2D eigenvalue weighted by Gasteiger charge is -2.09. The lowest BCUT2D eigenvalue weighted by Crippen LogP contribution is -2.05. The van der Waals surface area contributed by atoms with E-state index in [4.69, 9.17) is 4.74 Å². The first-order chi connectivity index (χ1) is 12.3. The van der Waals surface area contributed by atoms with Crippen molar-refractivity contribution >= 4 is 38.7 Å². The van der Waals surface area contributed by atoms with Crippen LogP contribution in [0.15, 0.2) is 30.3 Å². The normalized spacial score (nSPS) is 12.2. The van der Waals surface area contributed by atoms with Crippen LogP contribution in [0.5, 0.6) is 0 Å². The van der Waals surface area contributed by atoms with Gasteiger partial charge in [-0.25, -0.2) is 4.79 Å².